The van der Waals surface area contributed by atoms with Gasteiger partial charge in [0.25, 0.3) is 0 Å². The van der Waals surface area contributed by atoms with Crippen LogP contribution in [0.3, 0.4) is 0 Å². The molecule has 2 nitrogen and oxygen atoms in total. The predicted octanol–water partition coefficient (Wildman–Crippen LogP) is 5.46. The molecule has 3 aromatic rings. The van der Waals surface area contributed by atoms with Crippen molar-refractivity contribution >= 4 is 33.8 Å². The van der Waals surface area contributed by atoms with Crippen molar-refractivity contribution in [2.45, 2.75) is 20.8 Å². The molecule has 0 aliphatic carbocycles. The van der Waals surface area contributed by atoms with Crippen LogP contribution in [0.4, 0.5) is 0 Å². The molecule has 1 aliphatic rings. The number of carbonyl (C=O) groups is 1. The van der Waals surface area contributed by atoms with Crippen molar-refractivity contribution in [2.75, 3.05) is 0 Å². The Balaban J connectivity index is 2.02. The van der Waals surface area contributed by atoms with Crippen molar-refractivity contribution in [3.05, 3.63) is 95.1 Å². The number of hydrogen-bond donors (Lipinski definition) is 0. The van der Waals surface area contributed by atoms with Crippen LogP contribution in [-0.4, -0.2) is 5.52 Å². The fourth-order valence-electron chi connectivity index (χ4n) is 3.79. The van der Waals surface area contributed by atoms with Gasteiger partial charge in [-0.1, -0.05) is 0 Å². The molecular formula is C22H21O2PS. The van der Waals surface area contributed by atoms with Crippen LogP contribution < -0.4 is 10.6 Å². The molecule has 132 valence electrons. The first-order valence-electron chi connectivity index (χ1n) is 8.63. The third-order valence-electron chi connectivity index (χ3n) is 5.01. The fourth-order valence-corrected chi connectivity index (χ4v) is 11.0. The average molecular weight is 380 g/mol. The van der Waals surface area contributed by atoms with Crippen LogP contribution in [0.15, 0.2) is 72.8 Å². The Morgan fingerprint density at radius 3 is 1.62 bits per heavy atom. The predicted molar refractivity (Wildman–Crippen MR) is 113 cm³/mol. The van der Waals surface area contributed by atoms with Crippen molar-refractivity contribution in [1.29, 1.82) is 0 Å². The van der Waals surface area contributed by atoms with E-state index in [-0.39, 0.29) is 5.52 Å². The van der Waals surface area contributed by atoms with Crippen LogP contribution in [0, 0.1) is 20.8 Å². The van der Waals surface area contributed by atoms with E-state index in [9.17, 15) is 4.79 Å². The van der Waals surface area contributed by atoms with Crippen molar-refractivity contribution < 1.29 is 8.76 Å². The molecule has 1 saturated heterocycles. The monoisotopic (exact) mass is 380 g/mol. The van der Waals surface area contributed by atoms with Crippen molar-refractivity contribution in [2.24, 2.45) is 0 Å². The van der Waals surface area contributed by atoms with E-state index >= 15 is 0 Å². The van der Waals surface area contributed by atoms with Gasteiger partial charge in [-0.25, -0.2) is 0 Å². The van der Waals surface area contributed by atoms with E-state index in [0.29, 0.717) is 0 Å². The van der Waals surface area contributed by atoms with E-state index < -0.39 is 6.03 Å². The first kappa shape index (κ1) is 17.5. The summed E-state index contributed by atoms with van der Waals surface area (Å²) in [5, 5.41) is 1.97. The molecule has 0 radical (unpaired) electrons. The Morgan fingerprint density at radius 2 is 1.23 bits per heavy atom. The van der Waals surface area contributed by atoms with Crippen LogP contribution in [0.25, 0.3) is 0 Å². The molecule has 1 heterocycles. The second-order valence-corrected chi connectivity index (χ2v) is 13.5. The van der Waals surface area contributed by atoms with Crippen molar-refractivity contribution in [3.63, 3.8) is 0 Å². The van der Waals surface area contributed by atoms with Gasteiger partial charge in [0, 0.05) is 0 Å². The molecule has 0 spiro atoms. The normalized spacial score (nSPS) is 18.5. The number of rotatable bonds is 4. The molecule has 3 aromatic carbocycles. The van der Waals surface area contributed by atoms with Crippen LogP contribution in [0.5, 0.6) is 0 Å². The third kappa shape index (κ3) is 2.31. The minimum absolute atomic E-state index is 0.119. The summed E-state index contributed by atoms with van der Waals surface area (Å²) < 4.78 is 6.21. The second-order valence-electron chi connectivity index (χ2n) is 6.86. The van der Waals surface area contributed by atoms with E-state index in [4.69, 9.17) is 3.97 Å². The van der Waals surface area contributed by atoms with Gasteiger partial charge in [-0.2, -0.15) is 0 Å². The topological polar surface area (TPSA) is 29.6 Å². The maximum absolute atomic E-state index is 14.1. The van der Waals surface area contributed by atoms with Gasteiger partial charge in [0.1, 0.15) is 0 Å². The maximum atomic E-state index is 14.1. The molecule has 0 aromatic heterocycles. The third-order valence-corrected chi connectivity index (χ3v) is 12.6. The van der Waals surface area contributed by atoms with Gasteiger partial charge >= 0.3 is 158 Å². The number of hydrogen-bond acceptors (Lipinski definition) is 3. The molecule has 4 rings (SSSR count). The summed E-state index contributed by atoms with van der Waals surface area (Å²) in [6, 6.07) is 20.8. The molecule has 0 bridgehead atoms. The molecule has 1 fully saturated rings. The average Bonchev–Trinajstić information content (AvgIpc) is 3.41. The van der Waals surface area contributed by atoms with Crippen LogP contribution >= 0.6 is 17.7 Å². The van der Waals surface area contributed by atoms with Gasteiger partial charge in [-0.15, -0.1) is 0 Å². The summed E-state index contributed by atoms with van der Waals surface area (Å²) in [7, 11) is 0. The Labute approximate surface area is 158 Å². The van der Waals surface area contributed by atoms with E-state index in [1.54, 1.807) is 0 Å². The van der Waals surface area contributed by atoms with Gasteiger partial charge in [0.05, 0.1) is 0 Å². The molecule has 0 amide bonds. The van der Waals surface area contributed by atoms with E-state index in [1.807, 2.05) is 74.5 Å². The zero-order valence-corrected chi connectivity index (χ0v) is 16.8. The Morgan fingerprint density at radius 1 is 0.808 bits per heavy atom. The van der Waals surface area contributed by atoms with E-state index in [0.717, 1.165) is 27.3 Å². The molecule has 26 heavy (non-hydrogen) atoms. The number of carbonyl (C=O) groups excluding carboxylic acids is 1. The molecule has 1 aliphatic heterocycles. The molecule has 0 N–H and O–H groups in total. The SMILES string of the molecule is Cc1cc(C)c(C(=O)P2(c3ccccc3)(c3ccccc3)OS2)c(C)c1. The van der Waals surface area contributed by atoms with Crippen molar-refractivity contribution in [3.8, 4) is 0 Å². The Kier molecular flexibility index (Phi) is 4.07. The van der Waals surface area contributed by atoms with Crippen LogP contribution in [0.2, 0.25) is 0 Å². The zero-order chi connectivity index (χ0) is 18.4. The number of benzene rings is 3. The standard InChI is InChI=1S/C22H21O2PS/c1-16-14-17(2)21(18(3)15-16)22(23)25(24-26-25,19-10-6-4-7-11-19)20-12-8-5-9-13-20/h4-15H,1-3H3. The summed E-state index contributed by atoms with van der Waals surface area (Å²) in [5.41, 5.74) is 4.11. The van der Waals surface area contributed by atoms with E-state index in [1.165, 1.54) is 17.2 Å². The quantitative estimate of drug-likeness (QED) is 0.342. The summed E-state index contributed by atoms with van der Waals surface area (Å²) in [6.45, 7) is 6.10. The van der Waals surface area contributed by atoms with Gasteiger partial charge in [0.15, 0.2) is 0 Å². The summed E-state index contributed by atoms with van der Waals surface area (Å²) in [6.07, 6.45) is 0. The summed E-state index contributed by atoms with van der Waals surface area (Å²) >= 11 is 1.37. The first-order chi connectivity index (χ1) is 12.5. The molecular weight excluding hydrogens is 359 g/mol. The minimum atomic E-state index is -3.40. The van der Waals surface area contributed by atoms with Gasteiger partial charge in [0.2, 0.25) is 0 Å². The van der Waals surface area contributed by atoms with Crippen LogP contribution in [-0.2, 0) is 3.97 Å². The van der Waals surface area contributed by atoms with E-state index in [2.05, 4.69) is 19.1 Å². The van der Waals surface area contributed by atoms with Gasteiger partial charge in [-0.3, -0.25) is 0 Å². The van der Waals surface area contributed by atoms with Crippen molar-refractivity contribution in [1.82, 2.24) is 0 Å². The summed E-state index contributed by atoms with van der Waals surface area (Å²) in [5.74, 6) is 0. The molecule has 0 atom stereocenters. The number of aryl methyl sites for hydroxylation is 3. The van der Waals surface area contributed by atoms with Gasteiger partial charge < -0.3 is 0 Å². The molecule has 0 unspecified atom stereocenters. The summed E-state index contributed by atoms with van der Waals surface area (Å²) in [4.78, 5) is 14.1. The zero-order valence-electron chi connectivity index (χ0n) is 15.1. The Bertz CT molecular complexity index is 929. The first-order valence-corrected chi connectivity index (χ1v) is 12.1. The Hall–Kier alpha value is -1.93. The fraction of sp³-hybridized carbons (Fsp3) is 0.136. The molecule has 0 saturated carbocycles. The van der Waals surface area contributed by atoms with Crippen LogP contribution in [0.1, 0.15) is 27.0 Å². The molecule has 4 heteroatoms. The second kappa shape index (κ2) is 6.06. The van der Waals surface area contributed by atoms with Gasteiger partial charge in [-0.05, 0) is 0 Å².